The van der Waals surface area contributed by atoms with Crippen LogP contribution in [0.25, 0.3) is 0 Å². The molecule has 0 unspecified atom stereocenters. The highest BCUT2D eigenvalue weighted by atomic mass is 79.9. The van der Waals surface area contributed by atoms with E-state index in [0.717, 1.165) is 11.6 Å². The molecule has 21 heavy (non-hydrogen) atoms. The summed E-state index contributed by atoms with van der Waals surface area (Å²) >= 11 is 2.95. The second kappa shape index (κ2) is 6.13. The van der Waals surface area contributed by atoms with Crippen LogP contribution in [0.2, 0.25) is 0 Å². The summed E-state index contributed by atoms with van der Waals surface area (Å²) in [5.41, 5.74) is 6.52. The van der Waals surface area contributed by atoms with E-state index in [0.29, 0.717) is 0 Å². The molecule has 0 heterocycles. The fraction of sp³-hybridized carbons (Fsp3) is 0.143. The molecule has 1 atom stereocenters. The Balaban J connectivity index is 2.35. The van der Waals surface area contributed by atoms with Gasteiger partial charge in [-0.25, -0.2) is 17.5 Å². The molecular formula is C14H14BrFN2O2S. The lowest BCUT2D eigenvalue weighted by molar-refractivity contribution is 0.545. The van der Waals surface area contributed by atoms with Crippen LogP contribution < -0.4 is 10.5 Å². The summed E-state index contributed by atoms with van der Waals surface area (Å²) in [7, 11) is -4.02. The van der Waals surface area contributed by atoms with Gasteiger partial charge in [0.05, 0.1) is 4.47 Å². The van der Waals surface area contributed by atoms with Crippen LogP contribution in [-0.4, -0.2) is 8.42 Å². The Labute approximate surface area is 131 Å². The second-order valence-corrected chi connectivity index (χ2v) is 7.11. The van der Waals surface area contributed by atoms with Gasteiger partial charge in [0.2, 0.25) is 10.0 Å². The van der Waals surface area contributed by atoms with Crippen LogP contribution in [0, 0.1) is 5.82 Å². The topological polar surface area (TPSA) is 72.2 Å². The number of nitrogen functional groups attached to an aromatic ring is 1. The first-order valence-electron chi connectivity index (χ1n) is 6.13. The number of hydrogen-bond acceptors (Lipinski definition) is 3. The fourth-order valence-corrected chi connectivity index (χ4v) is 3.86. The largest absolute Gasteiger partial charge is 0.399 e. The van der Waals surface area contributed by atoms with Crippen LogP contribution in [0.15, 0.2) is 51.8 Å². The van der Waals surface area contributed by atoms with Crippen molar-refractivity contribution in [2.75, 3.05) is 5.73 Å². The van der Waals surface area contributed by atoms with Gasteiger partial charge in [-0.15, -0.1) is 0 Å². The molecule has 0 aliphatic heterocycles. The maximum absolute atomic E-state index is 14.0. The van der Waals surface area contributed by atoms with Gasteiger partial charge in [0.1, 0.15) is 4.90 Å². The maximum atomic E-state index is 14.0. The van der Waals surface area contributed by atoms with Gasteiger partial charge in [-0.05, 0) is 40.5 Å². The highest BCUT2D eigenvalue weighted by molar-refractivity contribution is 9.10. The molecule has 2 aromatic rings. The smallest absolute Gasteiger partial charge is 0.244 e. The molecule has 0 amide bonds. The number of anilines is 1. The summed E-state index contributed by atoms with van der Waals surface area (Å²) in [6.07, 6.45) is 0. The molecule has 0 bridgehead atoms. The number of benzene rings is 2. The zero-order valence-corrected chi connectivity index (χ0v) is 13.6. The van der Waals surface area contributed by atoms with Crippen LogP contribution in [0.4, 0.5) is 10.1 Å². The molecule has 0 saturated heterocycles. The monoisotopic (exact) mass is 372 g/mol. The Morgan fingerprint density at radius 1 is 1.24 bits per heavy atom. The highest BCUT2D eigenvalue weighted by Crippen LogP contribution is 2.27. The average Bonchev–Trinajstić information content (AvgIpc) is 2.43. The van der Waals surface area contributed by atoms with Crippen molar-refractivity contribution < 1.29 is 12.8 Å². The lowest BCUT2D eigenvalue weighted by atomic mass is 10.1. The van der Waals surface area contributed by atoms with E-state index in [1.807, 2.05) is 6.07 Å². The molecule has 0 radical (unpaired) electrons. The van der Waals surface area contributed by atoms with Crippen molar-refractivity contribution in [2.24, 2.45) is 0 Å². The van der Waals surface area contributed by atoms with Gasteiger partial charge in [0.15, 0.2) is 5.82 Å². The Bertz CT molecular complexity index is 751. The first-order chi connectivity index (χ1) is 9.81. The molecule has 4 nitrogen and oxygen atoms in total. The molecule has 0 spiro atoms. The third-order valence-electron chi connectivity index (χ3n) is 2.94. The third-order valence-corrected chi connectivity index (χ3v) is 5.06. The van der Waals surface area contributed by atoms with E-state index in [1.54, 1.807) is 31.2 Å². The van der Waals surface area contributed by atoms with Crippen LogP contribution in [0.1, 0.15) is 18.5 Å². The Morgan fingerprint density at radius 2 is 1.86 bits per heavy atom. The molecule has 112 valence electrons. The molecule has 0 saturated carbocycles. The van der Waals surface area contributed by atoms with Gasteiger partial charge >= 0.3 is 0 Å². The average molecular weight is 373 g/mol. The first-order valence-corrected chi connectivity index (χ1v) is 8.40. The number of sulfonamides is 1. The van der Waals surface area contributed by atoms with Crippen molar-refractivity contribution in [1.29, 1.82) is 0 Å². The zero-order valence-electron chi connectivity index (χ0n) is 11.2. The zero-order chi connectivity index (χ0) is 15.6. The maximum Gasteiger partial charge on any atom is 0.244 e. The molecule has 0 aliphatic carbocycles. The van der Waals surface area contributed by atoms with E-state index in [-0.39, 0.29) is 10.2 Å². The molecule has 0 aromatic heterocycles. The van der Waals surface area contributed by atoms with Crippen molar-refractivity contribution in [3.8, 4) is 0 Å². The number of halogens is 2. The van der Waals surface area contributed by atoms with Crippen LogP contribution in [0.5, 0.6) is 0 Å². The van der Waals surface area contributed by atoms with Crippen molar-refractivity contribution in [3.63, 3.8) is 0 Å². The first kappa shape index (κ1) is 15.9. The summed E-state index contributed by atoms with van der Waals surface area (Å²) < 4.78 is 41.1. The highest BCUT2D eigenvalue weighted by Gasteiger charge is 2.24. The number of hydrogen-bond donors (Lipinski definition) is 2. The third kappa shape index (κ3) is 3.61. The quantitative estimate of drug-likeness (QED) is 0.809. The molecule has 2 aromatic carbocycles. The lowest BCUT2D eigenvalue weighted by Crippen LogP contribution is -2.27. The lowest BCUT2D eigenvalue weighted by Gasteiger charge is -2.15. The van der Waals surface area contributed by atoms with Gasteiger partial charge < -0.3 is 5.73 Å². The molecule has 2 rings (SSSR count). The van der Waals surface area contributed by atoms with E-state index in [1.165, 1.54) is 6.07 Å². The predicted molar refractivity (Wildman–Crippen MR) is 83.7 cm³/mol. The fourth-order valence-electron chi connectivity index (χ4n) is 1.89. The standard InChI is InChI=1S/C14H14BrFN2O2S/c1-9(10-5-3-2-4-6-10)18-21(19,20)13-8-11(17)7-12(15)14(13)16/h2-9,18H,17H2,1H3/t9-/m0/s1. The molecule has 7 heteroatoms. The van der Waals surface area contributed by atoms with E-state index < -0.39 is 26.8 Å². The van der Waals surface area contributed by atoms with Crippen molar-refractivity contribution in [1.82, 2.24) is 4.72 Å². The minimum atomic E-state index is -4.02. The molecule has 0 aliphatic rings. The van der Waals surface area contributed by atoms with Crippen molar-refractivity contribution in [2.45, 2.75) is 17.9 Å². The Hall–Kier alpha value is -1.44. The van der Waals surface area contributed by atoms with E-state index in [9.17, 15) is 12.8 Å². The van der Waals surface area contributed by atoms with Gasteiger partial charge in [-0.2, -0.15) is 0 Å². The van der Waals surface area contributed by atoms with E-state index >= 15 is 0 Å². The van der Waals surface area contributed by atoms with Crippen LogP contribution in [-0.2, 0) is 10.0 Å². The summed E-state index contributed by atoms with van der Waals surface area (Å²) in [5.74, 6) is -0.864. The summed E-state index contributed by atoms with van der Waals surface area (Å²) in [6, 6.07) is 10.9. The van der Waals surface area contributed by atoms with Gasteiger partial charge in [0, 0.05) is 11.7 Å². The minimum Gasteiger partial charge on any atom is -0.399 e. The number of nitrogens with two attached hydrogens (primary N) is 1. The van der Waals surface area contributed by atoms with Crippen LogP contribution in [0.3, 0.4) is 0 Å². The van der Waals surface area contributed by atoms with Crippen molar-refractivity contribution >= 4 is 31.6 Å². The minimum absolute atomic E-state index is 0.00948. The molecule has 3 N–H and O–H groups in total. The van der Waals surface area contributed by atoms with Crippen LogP contribution >= 0.6 is 15.9 Å². The molecular weight excluding hydrogens is 359 g/mol. The Kier molecular flexibility index (Phi) is 4.65. The second-order valence-electron chi connectivity index (χ2n) is 4.57. The van der Waals surface area contributed by atoms with Gasteiger partial charge in [0.25, 0.3) is 0 Å². The summed E-state index contributed by atoms with van der Waals surface area (Å²) in [5, 5.41) is 0. The molecule has 0 fully saturated rings. The Morgan fingerprint density at radius 3 is 2.48 bits per heavy atom. The predicted octanol–water partition coefficient (Wildman–Crippen LogP) is 3.21. The van der Waals surface area contributed by atoms with Crippen molar-refractivity contribution in [3.05, 3.63) is 58.3 Å². The number of nitrogens with one attached hydrogen (secondary N) is 1. The van der Waals surface area contributed by atoms with Gasteiger partial charge in [-0.1, -0.05) is 30.3 Å². The normalized spacial score (nSPS) is 13.1. The van der Waals surface area contributed by atoms with Gasteiger partial charge in [-0.3, -0.25) is 0 Å². The van der Waals surface area contributed by atoms with E-state index in [4.69, 9.17) is 5.73 Å². The van der Waals surface area contributed by atoms with E-state index in [2.05, 4.69) is 20.7 Å². The SMILES string of the molecule is C[C@H](NS(=O)(=O)c1cc(N)cc(Br)c1F)c1ccccc1. The summed E-state index contributed by atoms with van der Waals surface area (Å²) in [4.78, 5) is -0.475. The number of rotatable bonds is 4. The summed E-state index contributed by atoms with van der Waals surface area (Å²) in [6.45, 7) is 1.69.